The van der Waals surface area contributed by atoms with Gasteiger partial charge < -0.3 is 0 Å². The summed E-state index contributed by atoms with van der Waals surface area (Å²) in [4.78, 5) is 0.317. The maximum atomic E-state index is 12.8. The Hall–Kier alpha value is -1.37. The first-order valence-electron chi connectivity index (χ1n) is 6.58. The van der Waals surface area contributed by atoms with Crippen LogP contribution in [0.25, 0.3) is 0 Å². The molecule has 3 rings (SSSR count). The number of fused-ring (bicyclic) bond motifs is 1. The molecule has 0 saturated heterocycles. The largest absolute Gasteiger partial charge is 0.281 e. The van der Waals surface area contributed by atoms with Crippen LogP contribution in [0.2, 0.25) is 0 Å². The molecule has 1 aromatic carbocycles. The van der Waals surface area contributed by atoms with Gasteiger partial charge in [0.25, 0.3) is 0 Å². The summed E-state index contributed by atoms with van der Waals surface area (Å²) in [5.41, 5.74) is 3.45. The molecule has 21 heavy (non-hydrogen) atoms. The molecule has 0 amide bonds. The first-order valence-corrected chi connectivity index (χ1v) is 8.02. The number of rotatable bonds is 2. The Morgan fingerprint density at radius 3 is 2.48 bits per heavy atom. The third-order valence-corrected chi connectivity index (χ3v) is 5.86. The van der Waals surface area contributed by atoms with Crippen LogP contribution in [0.15, 0.2) is 29.2 Å². The number of sulfonamides is 1. The van der Waals surface area contributed by atoms with Gasteiger partial charge in [-0.3, -0.25) is 5.10 Å². The third-order valence-electron chi connectivity index (χ3n) is 3.75. The van der Waals surface area contributed by atoms with E-state index in [1.807, 2.05) is 18.2 Å². The normalized spacial score (nSPS) is 15.3. The molecular weight excluding hydrogens is 310 g/mol. The van der Waals surface area contributed by atoms with Crippen molar-refractivity contribution in [1.29, 1.82) is 0 Å². The van der Waals surface area contributed by atoms with Crippen molar-refractivity contribution in [2.75, 3.05) is 6.54 Å². The van der Waals surface area contributed by atoms with Gasteiger partial charge in [-0.1, -0.05) is 24.3 Å². The second-order valence-corrected chi connectivity index (χ2v) is 7.00. The zero-order valence-corrected chi connectivity index (χ0v) is 13.6. The molecule has 0 bridgehead atoms. The number of benzene rings is 1. The maximum Gasteiger partial charge on any atom is 0.247 e. The smallest absolute Gasteiger partial charge is 0.247 e. The maximum absolute atomic E-state index is 12.8. The van der Waals surface area contributed by atoms with Gasteiger partial charge >= 0.3 is 0 Å². The van der Waals surface area contributed by atoms with Crippen molar-refractivity contribution >= 4 is 22.4 Å². The first kappa shape index (κ1) is 16.0. The summed E-state index contributed by atoms with van der Waals surface area (Å²) in [5.74, 6) is 0. The molecule has 0 spiro atoms. The lowest BCUT2D eigenvalue weighted by Crippen LogP contribution is -2.36. The molecule has 0 saturated carbocycles. The molecule has 1 N–H and O–H groups in total. The summed E-state index contributed by atoms with van der Waals surface area (Å²) in [5, 5.41) is 6.74. The molecule has 114 valence electrons. The van der Waals surface area contributed by atoms with Crippen LogP contribution in [-0.4, -0.2) is 29.5 Å². The Kier molecular flexibility index (Phi) is 4.41. The highest BCUT2D eigenvalue weighted by atomic mass is 35.5. The number of aromatic nitrogens is 2. The Morgan fingerprint density at radius 1 is 1.19 bits per heavy atom. The molecule has 1 aromatic heterocycles. The molecule has 0 aliphatic carbocycles. The van der Waals surface area contributed by atoms with E-state index in [0.29, 0.717) is 29.4 Å². The van der Waals surface area contributed by atoms with Crippen LogP contribution in [0.1, 0.15) is 22.5 Å². The van der Waals surface area contributed by atoms with Crippen LogP contribution in [0, 0.1) is 13.8 Å². The van der Waals surface area contributed by atoms with Gasteiger partial charge in [-0.2, -0.15) is 9.40 Å². The molecule has 7 heteroatoms. The topological polar surface area (TPSA) is 66.1 Å². The van der Waals surface area contributed by atoms with Crippen LogP contribution in [0.3, 0.4) is 0 Å². The van der Waals surface area contributed by atoms with Gasteiger partial charge in [0, 0.05) is 13.1 Å². The average Bonchev–Trinajstić information content (AvgIpc) is 2.78. The highest BCUT2D eigenvalue weighted by Crippen LogP contribution is 2.27. The lowest BCUT2D eigenvalue weighted by Gasteiger charge is -2.28. The van der Waals surface area contributed by atoms with E-state index < -0.39 is 10.0 Å². The second kappa shape index (κ2) is 5.79. The van der Waals surface area contributed by atoms with Gasteiger partial charge in [-0.25, -0.2) is 8.42 Å². The molecule has 2 aromatic rings. The fourth-order valence-corrected chi connectivity index (χ4v) is 4.48. The second-order valence-electron chi connectivity index (χ2n) is 5.12. The summed E-state index contributed by atoms with van der Waals surface area (Å²) < 4.78 is 27.1. The Balaban J connectivity index is 0.00000161. The minimum atomic E-state index is -3.48. The van der Waals surface area contributed by atoms with Gasteiger partial charge in [0.2, 0.25) is 10.0 Å². The van der Waals surface area contributed by atoms with E-state index in [2.05, 4.69) is 16.3 Å². The number of hydrogen-bond donors (Lipinski definition) is 1. The summed E-state index contributed by atoms with van der Waals surface area (Å²) in [7, 11) is -3.48. The third kappa shape index (κ3) is 2.71. The van der Waals surface area contributed by atoms with Crippen molar-refractivity contribution in [2.24, 2.45) is 0 Å². The zero-order chi connectivity index (χ0) is 14.3. The molecule has 0 atom stereocenters. The van der Waals surface area contributed by atoms with Crippen molar-refractivity contribution < 1.29 is 8.42 Å². The van der Waals surface area contributed by atoms with Crippen molar-refractivity contribution in [1.82, 2.24) is 14.5 Å². The molecule has 5 nitrogen and oxygen atoms in total. The Bertz CT molecular complexity index is 736. The van der Waals surface area contributed by atoms with Crippen molar-refractivity contribution in [3.05, 3.63) is 46.8 Å². The number of H-pyrrole nitrogens is 1. The van der Waals surface area contributed by atoms with E-state index >= 15 is 0 Å². The van der Waals surface area contributed by atoms with Gasteiger partial charge in [0.15, 0.2) is 0 Å². The Morgan fingerprint density at radius 2 is 1.86 bits per heavy atom. The predicted molar refractivity (Wildman–Crippen MR) is 83.1 cm³/mol. The highest BCUT2D eigenvalue weighted by molar-refractivity contribution is 7.89. The molecule has 0 unspecified atom stereocenters. The SMILES string of the molecule is Cc1n[nH]c(C)c1S(=O)(=O)N1CCc2ccccc2C1.Cl. The minimum absolute atomic E-state index is 0. The molecule has 0 fully saturated rings. The zero-order valence-electron chi connectivity index (χ0n) is 12.0. The van der Waals surface area contributed by atoms with Crippen LogP contribution in [0.4, 0.5) is 0 Å². The highest BCUT2D eigenvalue weighted by Gasteiger charge is 2.31. The average molecular weight is 328 g/mol. The predicted octanol–water partition coefficient (Wildman–Crippen LogP) is 2.20. The van der Waals surface area contributed by atoms with Crippen LogP contribution >= 0.6 is 12.4 Å². The molecular formula is C14H18ClN3O2S. The van der Waals surface area contributed by atoms with E-state index in [1.165, 1.54) is 5.56 Å². The fraction of sp³-hybridized carbons (Fsp3) is 0.357. The van der Waals surface area contributed by atoms with Crippen LogP contribution in [0.5, 0.6) is 0 Å². The fourth-order valence-electron chi connectivity index (χ4n) is 2.72. The van der Waals surface area contributed by atoms with Gasteiger partial charge in [-0.15, -0.1) is 12.4 Å². The number of hydrogen-bond acceptors (Lipinski definition) is 3. The van der Waals surface area contributed by atoms with E-state index in [1.54, 1.807) is 18.2 Å². The first-order chi connectivity index (χ1) is 9.50. The lowest BCUT2D eigenvalue weighted by atomic mass is 10.0. The summed E-state index contributed by atoms with van der Waals surface area (Å²) in [6, 6.07) is 8.00. The van der Waals surface area contributed by atoms with Crippen LogP contribution in [-0.2, 0) is 23.0 Å². The molecule has 1 aliphatic heterocycles. The van der Waals surface area contributed by atoms with E-state index in [9.17, 15) is 8.42 Å². The quantitative estimate of drug-likeness (QED) is 0.919. The number of nitrogens with one attached hydrogen (secondary N) is 1. The van der Waals surface area contributed by atoms with Crippen molar-refractivity contribution in [3.63, 3.8) is 0 Å². The summed E-state index contributed by atoms with van der Waals surface area (Å²) >= 11 is 0. The number of halogens is 1. The van der Waals surface area contributed by atoms with Crippen molar-refractivity contribution in [2.45, 2.75) is 31.7 Å². The number of aryl methyl sites for hydroxylation is 2. The number of nitrogens with zero attached hydrogens (tertiary/aromatic N) is 2. The monoisotopic (exact) mass is 327 g/mol. The molecule has 0 radical (unpaired) electrons. The standard InChI is InChI=1S/C14H17N3O2S.ClH/c1-10-14(11(2)16-15-10)20(18,19)17-8-7-12-5-3-4-6-13(12)9-17;/h3-6H,7-9H2,1-2H3,(H,15,16);1H. The molecule has 2 heterocycles. The van der Waals surface area contributed by atoms with E-state index in [4.69, 9.17) is 0 Å². The van der Waals surface area contributed by atoms with Crippen LogP contribution < -0.4 is 0 Å². The van der Waals surface area contributed by atoms with Gasteiger partial charge in [-0.05, 0) is 31.4 Å². The van der Waals surface area contributed by atoms with Gasteiger partial charge in [0.05, 0.1) is 11.4 Å². The van der Waals surface area contributed by atoms with E-state index in [-0.39, 0.29) is 12.4 Å². The van der Waals surface area contributed by atoms with Gasteiger partial charge in [0.1, 0.15) is 4.90 Å². The summed E-state index contributed by atoms with van der Waals surface area (Å²) in [6.07, 6.45) is 0.755. The lowest BCUT2D eigenvalue weighted by molar-refractivity contribution is 0.391. The minimum Gasteiger partial charge on any atom is -0.281 e. The number of aromatic amines is 1. The summed E-state index contributed by atoms with van der Waals surface area (Å²) in [6.45, 7) is 4.41. The molecule has 1 aliphatic rings. The van der Waals surface area contributed by atoms with E-state index in [0.717, 1.165) is 12.0 Å². The van der Waals surface area contributed by atoms with Crippen molar-refractivity contribution in [3.8, 4) is 0 Å². The Labute approximate surface area is 130 Å².